The van der Waals surface area contributed by atoms with Crippen molar-refractivity contribution in [2.75, 3.05) is 37.9 Å². The Labute approximate surface area is 130 Å². The van der Waals surface area contributed by atoms with Gasteiger partial charge < -0.3 is 20.1 Å². The number of nitrogens with zero attached hydrogens (tertiary/aromatic N) is 3. The van der Waals surface area contributed by atoms with E-state index in [1.807, 2.05) is 19.2 Å². The lowest BCUT2D eigenvalue weighted by Crippen LogP contribution is -2.18. The molecular formula is C16H22N4O2. The van der Waals surface area contributed by atoms with E-state index >= 15 is 0 Å². The van der Waals surface area contributed by atoms with Crippen LogP contribution in [-0.4, -0.2) is 37.1 Å². The molecule has 118 valence electrons. The van der Waals surface area contributed by atoms with Crippen LogP contribution in [0.15, 0.2) is 18.3 Å². The molecule has 6 nitrogen and oxygen atoms in total. The van der Waals surface area contributed by atoms with E-state index in [-0.39, 0.29) is 0 Å². The van der Waals surface area contributed by atoms with E-state index in [1.165, 1.54) is 12.8 Å². The van der Waals surface area contributed by atoms with Crippen LogP contribution in [-0.2, 0) is 7.05 Å². The van der Waals surface area contributed by atoms with Crippen LogP contribution in [0, 0.1) is 0 Å². The van der Waals surface area contributed by atoms with Gasteiger partial charge in [-0.1, -0.05) is 0 Å². The summed E-state index contributed by atoms with van der Waals surface area (Å²) in [5, 5.41) is 4.21. The molecular weight excluding hydrogens is 280 g/mol. The predicted octanol–water partition coefficient (Wildman–Crippen LogP) is 2.29. The van der Waals surface area contributed by atoms with Gasteiger partial charge in [0.25, 0.3) is 0 Å². The van der Waals surface area contributed by atoms with Crippen molar-refractivity contribution < 1.29 is 9.47 Å². The highest BCUT2D eigenvalue weighted by Crippen LogP contribution is 2.42. The third kappa shape index (κ3) is 2.34. The van der Waals surface area contributed by atoms with Crippen molar-refractivity contribution in [3.05, 3.63) is 18.3 Å². The molecule has 2 N–H and O–H groups in total. The van der Waals surface area contributed by atoms with Gasteiger partial charge in [-0.3, -0.25) is 4.68 Å². The molecule has 1 fully saturated rings. The Bertz CT molecular complexity index is 675. The maximum atomic E-state index is 6.10. The van der Waals surface area contributed by atoms with Gasteiger partial charge in [0.15, 0.2) is 0 Å². The lowest BCUT2D eigenvalue weighted by molar-refractivity contribution is 0.404. The molecule has 0 saturated carbocycles. The zero-order valence-corrected chi connectivity index (χ0v) is 13.3. The number of nitrogen functional groups attached to an aromatic ring is 1. The first-order chi connectivity index (χ1) is 10.7. The summed E-state index contributed by atoms with van der Waals surface area (Å²) in [5.74, 6) is 2.22. The Morgan fingerprint density at radius 3 is 2.27 bits per heavy atom. The van der Waals surface area contributed by atoms with Crippen molar-refractivity contribution in [1.29, 1.82) is 0 Å². The fraction of sp³-hybridized carbons (Fsp3) is 0.438. The number of methoxy groups -OCH3 is 2. The summed E-state index contributed by atoms with van der Waals surface area (Å²) in [6.45, 7) is 2.10. The van der Waals surface area contributed by atoms with Crippen molar-refractivity contribution in [1.82, 2.24) is 9.78 Å². The second-order valence-corrected chi connectivity index (χ2v) is 5.49. The number of rotatable bonds is 4. The van der Waals surface area contributed by atoms with Crippen molar-refractivity contribution in [2.45, 2.75) is 12.8 Å². The SMILES string of the molecule is COc1cc(N2CCCC2)c(OC)cc1-c1cnn(C)c1N. The Morgan fingerprint density at radius 1 is 1.05 bits per heavy atom. The normalized spacial score (nSPS) is 14.4. The third-order valence-corrected chi connectivity index (χ3v) is 4.22. The largest absolute Gasteiger partial charge is 0.496 e. The van der Waals surface area contributed by atoms with Gasteiger partial charge in [0, 0.05) is 37.3 Å². The van der Waals surface area contributed by atoms with Crippen molar-refractivity contribution in [3.8, 4) is 22.6 Å². The molecule has 1 aliphatic heterocycles. The highest BCUT2D eigenvalue weighted by atomic mass is 16.5. The molecule has 0 bridgehead atoms. The van der Waals surface area contributed by atoms with Crippen LogP contribution in [0.3, 0.4) is 0 Å². The number of benzene rings is 1. The average Bonchev–Trinajstić information content (AvgIpc) is 3.17. The lowest BCUT2D eigenvalue weighted by atomic mass is 10.1. The summed E-state index contributed by atoms with van der Waals surface area (Å²) in [5.41, 5.74) is 8.92. The van der Waals surface area contributed by atoms with Gasteiger partial charge >= 0.3 is 0 Å². The summed E-state index contributed by atoms with van der Waals surface area (Å²) in [6.07, 6.45) is 4.17. The molecule has 0 atom stereocenters. The first-order valence-corrected chi connectivity index (χ1v) is 7.44. The molecule has 1 saturated heterocycles. The van der Waals surface area contributed by atoms with Crippen LogP contribution in [0.1, 0.15) is 12.8 Å². The van der Waals surface area contributed by atoms with Gasteiger partial charge in [0.2, 0.25) is 0 Å². The van der Waals surface area contributed by atoms with Crippen LogP contribution in [0.25, 0.3) is 11.1 Å². The second-order valence-electron chi connectivity index (χ2n) is 5.49. The Morgan fingerprint density at radius 2 is 1.73 bits per heavy atom. The van der Waals surface area contributed by atoms with Gasteiger partial charge in [0.05, 0.1) is 26.1 Å². The lowest BCUT2D eigenvalue weighted by Gasteiger charge is -2.22. The zero-order valence-electron chi connectivity index (χ0n) is 13.3. The minimum Gasteiger partial charge on any atom is -0.496 e. The number of ether oxygens (including phenoxy) is 2. The molecule has 0 radical (unpaired) electrons. The maximum absolute atomic E-state index is 6.10. The fourth-order valence-electron chi connectivity index (χ4n) is 2.95. The van der Waals surface area contributed by atoms with Crippen LogP contribution in [0.4, 0.5) is 11.5 Å². The Hall–Kier alpha value is -2.37. The van der Waals surface area contributed by atoms with Crippen LogP contribution in [0.5, 0.6) is 11.5 Å². The van der Waals surface area contributed by atoms with Crippen LogP contribution >= 0.6 is 0 Å². The van der Waals surface area contributed by atoms with E-state index in [9.17, 15) is 0 Å². The molecule has 0 aliphatic carbocycles. The highest BCUT2D eigenvalue weighted by Gasteiger charge is 2.21. The number of hydrogen-bond donors (Lipinski definition) is 1. The monoisotopic (exact) mass is 302 g/mol. The molecule has 2 heterocycles. The topological polar surface area (TPSA) is 65.5 Å². The van der Waals surface area contributed by atoms with E-state index in [0.29, 0.717) is 5.82 Å². The second kappa shape index (κ2) is 5.79. The van der Waals surface area contributed by atoms with Crippen LogP contribution < -0.4 is 20.1 Å². The van der Waals surface area contributed by atoms with Crippen LogP contribution in [0.2, 0.25) is 0 Å². The number of aryl methyl sites for hydroxylation is 1. The summed E-state index contributed by atoms with van der Waals surface area (Å²) in [4.78, 5) is 2.33. The van der Waals surface area contributed by atoms with Crippen molar-refractivity contribution in [2.24, 2.45) is 7.05 Å². The van der Waals surface area contributed by atoms with Gasteiger partial charge in [-0.2, -0.15) is 5.10 Å². The van der Waals surface area contributed by atoms with E-state index in [0.717, 1.165) is 41.4 Å². The van der Waals surface area contributed by atoms with Gasteiger partial charge in [-0.05, 0) is 18.9 Å². The Kier molecular flexibility index (Phi) is 3.83. The predicted molar refractivity (Wildman–Crippen MR) is 87.6 cm³/mol. The molecule has 3 rings (SSSR count). The molecule has 0 unspecified atom stereocenters. The fourth-order valence-corrected chi connectivity index (χ4v) is 2.95. The quantitative estimate of drug-likeness (QED) is 0.938. The maximum Gasteiger partial charge on any atom is 0.143 e. The number of hydrogen-bond acceptors (Lipinski definition) is 5. The minimum atomic E-state index is 0.606. The van der Waals surface area contributed by atoms with Gasteiger partial charge in [-0.25, -0.2) is 0 Å². The molecule has 2 aromatic rings. The summed E-state index contributed by atoms with van der Waals surface area (Å²) < 4.78 is 12.8. The molecule has 0 amide bonds. The first kappa shape index (κ1) is 14.6. The Balaban J connectivity index is 2.12. The first-order valence-electron chi connectivity index (χ1n) is 7.44. The minimum absolute atomic E-state index is 0.606. The molecule has 22 heavy (non-hydrogen) atoms. The molecule has 1 aromatic heterocycles. The zero-order chi connectivity index (χ0) is 15.7. The van der Waals surface area contributed by atoms with Gasteiger partial charge in [0.1, 0.15) is 17.3 Å². The standard InChI is InChI=1S/C16H22N4O2/c1-19-16(17)12(10-18-19)11-8-15(22-3)13(9-14(11)21-2)20-6-4-5-7-20/h8-10H,4-7,17H2,1-3H3. The van der Waals surface area contributed by atoms with E-state index < -0.39 is 0 Å². The third-order valence-electron chi connectivity index (χ3n) is 4.22. The number of nitrogens with two attached hydrogens (primary N) is 1. The molecule has 1 aromatic carbocycles. The van der Waals surface area contributed by atoms with Crippen molar-refractivity contribution in [3.63, 3.8) is 0 Å². The number of aromatic nitrogens is 2. The molecule has 1 aliphatic rings. The van der Waals surface area contributed by atoms with E-state index in [4.69, 9.17) is 15.2 Å². The smallest absolute Gasteiger partial charge is 0.143 e. The van der Waals surface area contributed by atoms with Gasteiger partial charge in [-0.15, -0.1) is 0 Å². The molecule has 0 spiro atoms. The summed E-state index contributed by atoms with van der Waals surface area (Å²) in [6, 6.07) is 4.02. The highest BCUT2D eigenvalue weighted by molar-refractivity contribution is 5.83. The average molecular weight is 302 g/mol. The van der Waals surface area contributed by atoms with E-state index in [1.54, 1.807) is 25.1 Å². The molecule has 6 heteroatoms. The van der Waals surface area contributed by atoms with Crippen molar-refractivity contribution >= 4 is 11.5 Å². The van der Waals surface area contributed by atoms with E-state index in [2.05, 4.69) is 10.00 Å². The summed E-state index contributed by atoms with van der Waals surface area (Å²) in [7, 11) is 5.19. The number of anilines is 2. The summed E-state index contributed by atoms with van der Waals surface area (Å²) >= 11 is 0.